The number of hydrogen-bond donors (Lipinski definition) is 3. The summed E-state index contributed by atoms with van der Waals surface area (Å²) in [6.45, 7) is 2.64. The van der Waals surface area contributed by atoms with Crippen molar-refractivity contribution < 1.29 is 24.9 Å². The van der Waals surface area contributed by atoms with Gasteiger partial charge in [0.2, 0.25) is 5.91 Å². The minimum Gasteiger partial charge on any atom is -0.393 e. The molecule has 0 spiro atoms. The van der Waals surface area contributed by atoms with Crippen molar-refractivity contribution in [2.45, 2.75) is 83.3 Å². The molecule has 0 heterocycles. The number of unbranched alkanes of at least 4 members (excludes halogenated alkanes) is 2. The summed E-state index contributed by atoms with van der Waals surface area (Å²) in [6.07, 6.45) is 14.3. The maximum atomic E-state index is 11.6. The molecule has 37 heavy (non-hydrogen) atoms. The summed E-state index contributed by atoms with van der Waals surface area (Å²) in [5.41, 5.74) is 1.19. The highest BCUT2D eigenvalue weighted by Crippen LogP contribution is 2.43. The average molecular weight is 517 g/mol. The van der Waals surface area contributed by atoms with Gasteiger partial charge in [0.1, 0.15) is 0 Å². The van der Waals surface area contributed by atoms with E-state index in [0.29, 0.717) is 32.2 Å². The van der Waals surface area contributed by atoms with Crippen LogP contribution < -0.4 is 5.32 Å². The van der Waals surface area contributed by atoms with Gasteiger partial charge in [0, 0.05) is 13.0 Å². The molecule has 1 amide bonds. The maximum Gasteiger partial charge on any atom is 0.294 e. The van der Waals surface area contributed by atoms with Gasteiger partial charge in [-0.15, -0.1) is 10.1 Å². The number of aliphatic hydroxyl groups is 2. The van der Waals surface area contributed by atoms with Crippen LogP contribution in [0.15, 0.2) is 54.6 Å². The Balaban J connectivity index is 1.92. The molecule has 206 valence electrons. The molecule has 1 saturated carbocycles. The molecule has 1 fully saturated rings. The second-order valence-corrected chi connectivity index (χ2v) is 9.89. The summed E-state index contributed by atoms with van der Waals surface area (Å²) in [4.78, 5) is 26.4. The third-order valence-corrected chi connectivity index (χ3v) is 7.09. The first-order chi connectivity index (χ1) is 17.9. The van der Waals surface area contributed by atoms with Gasteiger partial charge in [-0.25, -0.2) is 0 Å². The first kappa shape index (κ1) is 30.5. The Labute approximate surface area is 220 Å². The van der Waals surface area contributed by atoms with E-state index in [1.807, 2.05) is 31.2 Å². The molecule has 8 nitrogen and oxygen atoms in total. The maximum absolute atomic E-state index is 11.6. The summed E-state index contributed by atoms with van der Waals surface area (Å²) < 4.78 is 0. The molecule has 0 unspecified atom stereocenters. The van der Waals surface area contributed by atoms with Crippen LogP contribution in [0.3, 0.4) is 0 Å². The zero-order valence-electron chi connectivity index (χ0n) is 22.0. The van der Waals surface area contributed by atoms with Crippen LogP contribution in [0.5, 0.6) is 0 Å². The summed E-state index contributed by atoms with van der Waals surface area (Å²) in [5, 5.41) is 33.9. The second kappa shape index (κ2) is 17.7. The van der Waals surface area contributed by atoms with E-state index < -0.39 is 17.3 Å². The van der Waals surface area contributed by atoms with Gasteiger partial charge in [0.25, 0.3) is 5.09 Å². The Hall–Kier alpha value is -2.71. The van der Waals surface area contributed by atoms with Crippen molar-refractivity contribution in [1.29, 1.82) is 0 Å². The van der Waals surface area contributed by atoms with E-state index in [-0.39, 0.29) is 30.3 Å². The largest absolute Gasteiger partial charge is 0.393 e. The number of nitrogens with zero attached hydrogens (tertiary/aromatic N) is 1. The monoisotopic (exact) mass is 516 g/mol. The van der Waals surface area contributed by atoms with E-state index in [2.05, 4.69) is 40.5 Å². The van der Waals surface area contributed by atoms with Crippen molar-refractivity contribution in [3.63, 3.8) is 0 Å². The molecule has 0 aliphatic heterocycles. The van der Waals surface area contributed by atoms with Crippen molar-refractivity contribution in [3.8, 4) is 0 Å². The third-order valence-electron chi connectivity index (χ3n) is 7.09. The van der Waals surface area contributed by atoms with E-state index in [0.717, 1.165) is 38.5 Å². The van der Waals surface area contributed by atoms with Gasteiger partial charge < -0.3 is 20.4 Å². The summed E-state index contributed by atoms with van der Waals surface area (Å²) in [5.74, 6) is 0.499. The van der Waals surface area contributed by atoms with E-state index in [1.54, 1.807) is 0 Å². The van der Waals surface area contributed by atoms with Crippen molar-refractivity contribution in [3.05, 3.63) is 70.3 Å². The van der Waals surface area contributed by atoms with Crippen LogP contribution in [0.1, 0.15) is 70.3 Å². The number of carbonyl (C=O) groups is 1. The van der Waals surface area contributed by atoms with Crippen LogP contribution in [-0.2, 0) is 16.1 Å². The van der Waals surface area contributed by atoms with Gasteiger partial charge in [0.15, 0.2) is 0 Å². The average Bonchev–Trinajstić information content (AvgIpc) is 3.17. The Morgan fingerprint density at radius 2 is 2.03 bits per heavy atom. The predicted octanol–water partition coefficient (Wildman–Crippen LogP) is 4.78. The molecule has 1 aromatic rings. The molecule has 0 radical (unpaired) electrons. The van der Waals surface area contributed by atoms with Gasteiger partial charge >= 0.3 is 0 Å². The Bertz CT molecular complexity index is 844. The van der Waals surface area contributed by atoms with Gasteiger partial charge in [-0.05, 0) is 81.6 Å². The Morgan fingerprint density at radius 1 is 1.24 bits per heavy atom. The lowest BCUT2D eigenvalue weighted by molar-refractivity contribution is -0.757. The molecule has 8 heteroatoms. The van der Waals surface area contributed by atoms with Crippen molar-refractivity contribution in [1.82, 2.24) is 5.32 Å². The number of aliphatic hydroxyl groups excluding tert-OH is 2. The van der Waals surface area contributed by atoms with E-state index in [4.69, 9.17) is 0 Å². The number of benzene rings is 1. The Morgan fingerprint density at radius 3 is 2.76 bits per heavy atom. The van der Waals surface area contributed by atoms with Crippen LogP contribution >= 0.6 is 0 Å². The highest BCUT2D eigenvalue weighted by atomic mass is 16.9. The quantitative estimate of drug-likeness (QED) is 0.112. The SMILES string of the molecule is CCNC(=O)CCC/C=C\C[C@@H]1[C@@H](/C=C/[C@@H](O)CCc2ccccc2)[C@H](CCCCO[N+](=O)[O-])C[C@@H]1O. The molecule has 0 aromatic heterocycles. The fourth-order valence-electron chi connectivity index (χ4n) is 5.17. The van der Waals surface area contributed by atoms with Gasteiger partial charge in [-0.2, -0.15) is 0 Å². The van der Waals surface area contributed by atoms with Crippen molar-refractivity contribution in [2.24, 2.45) is 17.8 Å². The third kappa shape index (κ3) is 12.4. The molecule has 1 aliphatic rings. The highest BCUT2D eigenvalue weighted by molar-refractivity contribution is 5.75. The molecular formula is C29H44N2O6. The topological polar surface area (TPSA) is 122 Å². The summed E-state index contributed by atoms with van der Waals surface area (Å²) in [7, 11) is 0. The number of allylic oxidation sites excluding steroid dienone is 3. The first-order valence-electron chi connectivity index (χ1n) is 13.7. The molecule has 1 aromatic carbocycles. The van der Waals surface area contributed by atoms with Crippen LogP contribution in [0.25, 0.3) is 0 Å². The molecule has 3 N–H and O–H groups in total. The standard InChI is InChI=1S/C29H44N2O6/c1-2-30-29(34)16-9-4-3-8-15-27-26(20-19-25(32)18-17-23-12-6-5-7-13-23)24(22-28(27)33)14-10-11-21-37-31(35)36/h3,5-8,12-13,19-20,24-28,32-33H,2,4,9-11,14-18,21-22H2,1H3,(H,30,34)/b8-3-,20-19+/t24-,25+,26+,27-,28+/m1/s1. The first-order valence-corrected chi connectivity index (χ1v) is 13.7. The van der Waals surface area contributed by atoms with E-state index in [9.17, 15) is 25.1 Å². The molecular weight excluding hydrogens is 472 g/mol. The smallest absolute Gasteiger partial charge is 0.294 e. The summed E-state index contributed by atoms with van der Waals surface area (Å²) >= 11 is 0. The van der Waals surface area contributed by atoms with Crippen LogP contribution in [0, 0.1) is 27.9 Å². The van der Waals surface area contributed by atoms with Crippen molar-refractivity contribution in [2.75, 3.05) is 13.2 Å². The minimum absolute atomic E-state index is 0.0530. The van der Waals surface area contributed by atoms with Crippen LogP contribution in [0.4, 0.5) is 0 Å². The van der Waals surface area contributed by atoms with E-state index in [1.165, 1.54) is 5.56 Å². The van der Waals surface area contributed by atoms with Crippen LogP contribution in [0.2, 0.25) is 0 Å². The number of nitrogens with one attached hydrogen (secondary N) is 1. The number of hydrogen-bond acceptors (Lipinski definition) is 6. The fraction of sp³-hybridized carbons (Fsp3) is 0.621. The molecule has 0 bridgehead atoms. The molecule has 1 aliphatic carbocycles. The van der Waals surface area contributed by atoms with Crippen LogP contribution in [-0.4, -0.2) is 46.6 Å². The zero-order chi connectivity index (χ0) is 26.9. The van der Waals surface area contributed by atoms with Gasteiger partial charge in [-0.1, -0.05) is 61.1 Å². The zero-order valence-corrected chi connectivity index (χ0v) is 22.0. The van der Waals surface area contributed by atoms with E-state index >= 15 is 0 Å². The highest BCUT2D eigenvalue weighted by Gasteiger charge is 2.39. The van der Waals surface area contributed by atoms with Crippen molar-refractivity contribution >= 4 is 5.91 Å². The molecule has 2 rings (SSSR count). The fourth-order valence-corrected chi connectivity index (χ4v) is 5.17. The Kier molecular flexibility index (Phi) is 14.6. The molecule has 5 atom stereocenters. The predicted molar refractivity (Wildman–Crippen MR) is 144 cm³/mol. The van der Waals surface area contributed by atoms with Gasteiger partial charge in [-0.3, -0.25) is 4.79 Å². The summed E-state index contributed by atoms with van der Waals surface area (Å²) in [6, 6.07) is 10.1. The lowest BCUT2D eigenvalue weighted by atomic mass is 9.83. The number of rotatable bonds is 18. The number of aryl methyl sites for hydroxylation is 1. The number of amides is 1. The normalized spacial score (nSPS) is 22.5. The lowest BCUT2D eigenvalue weighted by Gasteiger charge is -2.22. The minimum atomic E-state index is -0.764. The van der Waals surface area contributed by atoms with Gasteiger partial charge in [0.05, 0.1) is 18.8 Å². The molecule has 0 saturated heterocycles. The lowest BCUT2D eigenvalue weighted by Crippen LogP contribution is -2.21. The second-order valence-electron chi connectivity index (χ2n) is 9.89. The number of carbonyl (C=O) groups excluding carboxylic acids is 1.